The Bertz CT molecular complexity index is 1200. The Balaban J connectivity index is 1.44. The summed E-state index contributed by atoms with van der Waals surface area (Å²) in [5, 5.41) is 0. The molecule has 33 heavy (non-hydrogen) atoms. The highest BCUT2D eigenvalue weighted by atomic mass is 32.2. The first-order chi connectivity index (χ1) is 16.0. The lowest BCUT2D eigenvalue weighted by Crippen LogP contribution is -2.35. The third kappa shape index (κ3) is 5.46. The van der Waals surface area contributed by atoms with E-state index in [0.29, 0.717) is 24.3 Å². The number of hydrogen-bond acceptors (Lipinski definition) is 5. The topological polar surface area (TPSA) is 79.0 Å². The molecule has 0 saturated carbocycles. The largest absolute Gasteiger partial charge is 0.497 e. The maximum Gasteiger partial charge on any atom is 0.261 e. The summed E-state index contributed by atoms with van der Waals surface area (Å²) in [7, 11) is -2.08. The number of hydrogen-bond donors (Lipinski definition) is 1. The molecule has 0 atom stereocenters. The van der Waals surface area contributed by atoms with Gasteiger partial charge in [-0.05, 0) is 61.0 Å². The van der Waals surface area contributed by atoms with Crippen LogP contribution in [-0.2, 0) is 10.0 Å². The van der Waals surface area contributed by atoms with Crippen LogP contribution in [0, 0.1) is 0 Å². The summed E-state index contributed by atoms with van der Waals surface area (Å²) in [6.07, 6.45) is 0.845. The predicted molar refractivity (Wildman–Crippen MR) is 129 cm³/mol. The number of amides is 1. The van der Waals surface area contributed by atoms with Gasteiger partial charge in [0, 0.05) is 43.1 Å². The van der Waals surface area contributed by atoms with E-state index in [0.717, 1.165) is 30.9 Å². The minimum absolute atomic E-state index is 0.104. The van der Waals surface area contributed by atoms with Crippen molar-refractivity contribution in [1.29, 1.82) is 0 Å². The van der Waals surface area contributed by atoms with Crippen LogP contribution in [0.3, 0.4) is 0 Å². The van der Waals surface area contributed by atoms with Crippen LogP contribution >= 0.6 is 0 Å². The van der Waals surface area contributed by atoms with Crippen LogP contribution in [0.25, 0.3) is 0 Å². The Labute approximate surface area is 194 Å². The molecule has 0 spiro atoms. The van der Waals surface area contributed by atoms with Crippen LogP contribution in [0.2, 0.25) is 0 Å². The fraction of sp³-hybridized carbons (Fsp3) is 0.240. The zero-order valence-electron chi connectivity index (χ0n) is 18.5. The van der Waals surface area contributed by atoms with Gasteiger partial charge in [0.1, 0.15) is 5.75 Å². The number of nitrogens with zero attached hydrogens (tertiary/aromatic N) is 2. The van der Waals surface area contributed by atoms with Gasteiger partial charge in [-0.25, -0.2) is 8.42 Å². The number of nitrogens with one attached hydrogen (secondary N) is 1. The van der Waals surface area contributed by atoms with E-state index in [-0.39, 0.29) is 10.8 Å². The second-order valence-electron chi connectivity index (χ2n) is 7.83. The second-order valence-corrected chi connectivity index (χ2v) is 9.51. The summed E-state index contributed by atoms with van der Waals surface area (Å²) in [5.74, 6) is 0.709. The van der Waals surface area contributed by atoms with Crippen molar-refractivity contribution in [3.05, 3.63) is 84.4 Å². The Morgan fingerprint density at radius 2 is 1.64 bits per heavy atom. The van der Waals surface area contributed by atoms with Gasteiger partial charge < -0.3 is 14.5 Å². The van der Waals surface area contributed by atoms with Crippen LogP contribution < -0.4 is 14.4 Å². The third-order valence-corrected chi connectivity index (χ3v) is 7.03. The second kappa shape index (κ2) is 9.95. The molecule has 0 bridgehead atoms. The first-order valence-corrected chi connectivity index (χ1v) is 12.3. The zero-order valence-corrected chi connectivity index (χ0v) is 19.3. The monoisotopic (exact) mass is 465 g/mol. The molecule has 1 aliphatic heterocycles. The molecule has 0 aromatic heterocycles. The van der Waals surface area contributed by atoms with E-state index in [1.165, 1.54) is 12.1 Å². The van der Waals surface area contributed by atoms with Crippen molar-refractivity contribution in [3.8, 4) is 5.75 Å². The maximum atomic E-state index is 13.2. The van der Waals surface area contributed by atoms with Crippen molar-refractivity contribution in [2.75, 3.05) is 42.9 Å². The van der Waals surface area contributed by atoms with Crippen molar-refractivity contribution in [1.82, 2.24) is 4.90 Å². The summed E-state index contributed by atoms with van der Waals surface area (Å²) in [6.45, 7) is 2.81. The zero-order chi connectivity index (χ0) is 23.3. The summed E-state index contributed by atoms with van der Waals surface area (Å²) in [6, 6.07) is 22.7. The summed E-state index contributed by atoms with van der Waals surface area (Å²) < 4.78 is 33.0. The molecule has 1 heterocycles. The van der Waals surface area contributed by atoms with Gasteiger partial charge >= 0.3 is 0 Å². The Hall–Kier alpha value is -3.52. The molecule has 1 amide bonds. The number of carbonyl (C=O) groups is 1. The van der Waals surface area contributed by atoms with Gasteiger partial charge in [-0.2, -0.15) is 0 Å². The molecular weight excluding hydrogens is 438 g/mol. The van der Waals surface area contributed by atoms with Crippen molar-refractivity contribution in [2.45, 2.75) is 11.3 Å². The molecule has 1 aliphatic rings. The molecule has 7 nitrogen and oxygen atoms in total. The van der Waals surface area contributed by atoms with Crippen LogP contribution in [0.15, 0.2) is 83.8 Å². The fourth-order valence-electron chi connectivity index (χ4n) is 3.88. The minimum Gasteiger partial charge on any atom is -0.497 e. The van der Waals surface area contributed by atoms with Crippen molar-refractivity contribution >= 4 is 27.3 Å². The third-order valence-electron chi connectivity index (χ3n) is 5.64. The summed E-state index contributed by atoms with van der Waals surface area (Å²) >= 11 is 0. The standard InChI is InChI=1S/C25H27N3O4S/c1-32-23-13-11-22(12-14-23)27-15-6-16-28(18-17-27)25(29)20-7-5-8-21(19-20)26-33(30,31)24-9-3-2-4-10-24/h2-5,7-14,19,26H,6,15-18H2,1H3. The molecule has 172 valence electrons. The number of sulfonamides is 1. The molecule has 4 rings (SSSR count). The summed E-state index contributed by atoms with van der Waals surface area (Å²) in [4.78, 5) is 17.4. The number of methoxy groups -OCH3 is 1. The highest BCUT2D eigenvalue weighted by Gasteiger charge is 2.21. The van der Waals surface area contributed by atoms with Crippen LogP contribution in [-0.4, -0.2) is 52.5 Å². The average molecular weight is 466 g/mol. The van der Waals surface area contributed by atoms with E-state index in [9.17, 15) is 13.2 Å². The highest BCUT2D eigenvalue weighted by molar-refractivity contribution is 7.92. The molecule has 0 radical (unpaired) electrons. The van der Waals surface area contributed by atoms with Gasteiger partial charge in [0.25, 0.3) is 15.9 Å². The van der Waals surface area contributed by atoms with E-state index in [4.69, 9.17) is 4.74 Å². The molecule has 1 N–H and O–H groups in total. The van der Waals surface area contributed by atoms with E-state index < -0.39 is 10.0 Å². The van der Waals surface area contributed by atoms with Crippen molar-refractivity contribution in [3.63, 3.8) is 0 Å². The molecule has 3 aromatic rings. The Morgan fingerprint density at radius 1 is 0.879 bits per heavy atom. The summed E-state index contributed by atoms with van der Waals surface area (Å²) in [5.41, 5.74) is 1.92. The highest BCUT2D eigenvalue weighted by Crippen LogP contribution is 2.22. The van der Waals surface area contributed by atoms with Gasteiger partial charge in [0.05, 0.1) is 12.0 Å². The predicted octanol–water partition coefficient (Wildman–Crippen LogP) is 3.85. The fourth-order valence-corrected chi connectivity index (χ4v) is 4.95. The first-order valence-electron chi connectivity index (χ1n) is 10.8. The molecule has 1 saturated heterocycles. The Kier molecular flexibility index (Phi) is 6.84. The SMILES string of the molecule is COc1ccc(N2CCCN(C(=O)c3cccc(NS(=O)(=O)c4ccccc4)c3)CC2)cc1. The maximum absolute atomic E-state index is 13.2. The van der Waals surface area contributed by atoms with Gasteiger partial charge in [-0.15, -0.1) is 0 Å². The molecule has 1 fully saturated rings. The number of anilines is 2. The minimum atomic E-state index is -3.72. The average Bonchev–Trinajstić information content (AvgIpc) is 3.10. The normalized spacial score (nSPS) is 14.5. The number of benzene rings is 3. The smallest absolute Gasteiger partial charge is 0.261 e. The van der Waals surface area contributed by atoms with Gasteiger partial charge in [-0.3, -0.25) is 9.52 Å². The quantitative estimate of drug-likeness (QED) is 0.598. The molecular formula is C25H27N3O4S. The van der Waals surface area contributed by atoms with E-state index >= 15 is 0 Å². The number of carbonyl (C=O) groups excluding carboxylic acids is 1. The van der Waals surface area contributed by atoms with Crippen LogP contribution in [0.4, 0.5) is 11.4 Å². The lowest BCUT2D eigenvalue weighted by Gasteiger charge is -2.24. The molecule has 3 aromatic carbocycles. The van der Waals surface area contributed by atoms with Gasteiger partial charge in [-0.1, -0.05) is 24.3 Å². The molecule has 0 aliphatic carbocycles. The van der Waals surface area contributed by atoms with E-state index in [1.54, 1.807) is 49.6 Å². The van der Waals surface area contributed by atoms with Crippen molar-refractivity contribution in [2.24, 2.45) is 0 Å². The molecule has 8 heteroatoms. The molecule has 0 unspecified atom stereocenters. The van der Waals surface area contributed by atoms with E-state index in [1.807, 2.05) is 29.2 Å². The lowest BCUT2D eigenvalue weighted by molar-refractivity contribution is 0.0767. The lowest BCUT2D eigenvalue weighted by atomic mass is 10.1. The van der Waals surface area contributed by atoms with Crippen LogP contribution in [0.5, 0.6) is 5.75 Å². The van der Waals surface area contributed by atoms with E-state index in [2.05, 4.69) is 9.62 Å². The van der Waals surface area contributed by atoms with Gasteiger partial charge in [0.15, 0.2) is 0 Å². The number of ether oxygens (including phenoxy) is 1. The number of rotatable bonds is 6. The first kappa shape index (κ1) is 22.7. The van der Waals surface area contributed by atoms with Gasteiger partial charge in [0.2, 0.25) is 0 Å². The Morgan fingerprint density at radius 3 is 2.36 bits per heavy atom. The van der Waals surface area contributed by atoms with Crippen molar-refractivity contribution < 1.29 is 17.9 Å². The van der Waals surface area contributed by atoms with Crippen LogP contribution in [0.1, 0.15) is 16.8 Å².